The summed E-state index contributed by atoms with van der Waals surface area (Å²) < 4.78 is 8.93. The minimum atomic E-state index is 0.718. The first-order valence-electron chi connectivity index (χ1n) is 17.5. The van der Waals surface area contributed by atoms with Gasteiger partial charge >= 0.3 is 0 Å². The highest BCUT2D eigenvalue weighted by Gasteiger charge is 2.19. The zero-order valence-electron chi connectivity index (χ0n) is 27.9. The Hall–Kier alpha value is -6.62. The van der Waals surface area contributed by atoms with E-state index in [1.165, 1.54) is 26.2 Å². The maximum atomic E-state index is 6.61. The lowest BCUT2D eigenvalue weighted by Gasteiger charge is -2.10. The largest absolute Gasteiger partial charge is 0.456 e. The first kappa shape index (κ1) is 29.1. The Bertz CT molecular complexity index is 3180. The fourth-order valence-corrected chi connectivity index (χ4v) is 8.82. The van der Waals surface area contributed by atoms with Crippen molar-refractivity contribution in [2.45, 2.75) is 0 Å². The second-order valence-corrected chi connectivity index (χ2v) is 14.4. The summed E-state index contributed by atoms with van der Waals surface area (Å²) in [6.07, 6.45) is 0. The Morgan fingerprint density at radius 1 is 0.423 bits per heavy atom. The molecule has 0 unspecified atom stereocenters. The molecule has 0 aliphatic heterocycles. The average Bonchev–Trinajstić information content (AvgIpc) is 3.77. The summed E-state index contributed by atoms with van der Waals surface area (Å²) in [4.78, 5) is 10.5. The molecule has 242 valence electrons. The fourth-order valence-electron chi connectivity index (χ4n) is 7.67. The molecule has 0 aliphatic carbocycles. The molecule has 0 bridgehead atoms. The molecule has 52 heavy (non-hydrogen) atoms. The molecule has 8 aromatic carbocycles. The highest BCUT2D eigenvalue weighted by Crippen LogP contribution is 2.43. The number of hydrogen-bond donors (Lipinski definition) is 0. The van der Waals surface area contributed by atoms with Crippen LogP contribution in [0.15, 0.2) is 174 Å². The molecular formula is C48H28N2OS. The van der Waals surface area contributed by atoms with Crippen LogP contribution in [0.4, 0.5) is 0 Å². The van der Waals surface area contributed by atoms with Gasteiger partial charge in [-0.3, -0.25) is 0 Å². The van der Waals surface area contributed by atoms with Crippen LogP contribution in [0.5, 0.6) is 0 Å². The Morgan fingerprint density at radius 2 is 1.10 bits per heavy atom. The van der Waals surface area contributed by atoms with Crippen LogP contribution in [0.3, 0.4) is 0 Å². The third-order valence-electron chi connectivity index (χ3n) is 10.2. The van der Waals surface area contributed by atoms with Gasteiger partial charge in [0, 0.05) is 32.0 Å². The van der Waals surface area contributed by atoms with Crippen molar-refractivity contribution in [2.24, 2.45) is 0 Å². The predicted octanol–water partition coefficient (Wildman–Crippen LogP) is 13.7. The van der Waals surface area contributed by atoms with Crippen LogP contribution >= 0.6 is 11.3 Å². The van der Waals surface area contributed by atoms with Crippen molar-refractivity contribution in [2.75, 3.05) is 0 Å². The SMILES string of the molecule is c1ccc(-c2cc(-c3ccc(-c4nc(-c5ccc6ccccc6c5)c5sc6ccccc6c5n4)cc3)cc3oc4cc5ccccc5cc4c23)cc1. The Kier molecular flexibility index (Phi) is 6.42. The molecule has 3 heterocycles. The number of hydrogen-bond acceptors (Lipinski definition) is 4. The minimum absolute atomic E-state index is 0.718. The minimum Gasteiger partial charge on any atom is -0.456 e. The molecule has 0 atom stereocenters. The number of fused-ring (bicyclic) bond motifs is 8. The van der Waals surface area contributed by atoms with Gasteiger partial charge in [-0.1, -0.05) is 133 Å². The van der Waals surface area contributed by atoms with Crippen LogP contribution in [-0.4, -0.2) is 9.97 Å². The third kappa shape index (κ3) is 4.65. The molecule has 0 saturated carbocycles. The summed E-state index contributed by atoms with van der Waals surface area (Å²) >= 11 is 1.76. The first-order chi connectivity index (χ1) is 25.7. The van der Waals surface area contributed by atoms with Crippen molar-refractivity contribution >= 4 is 75.1 Å². The van der Waals surface area contributed by atoms with E-state index in [4.69, 9.17) is 14.4 Å². The van der Waals surface area contributed by atoms with Crippen molar-refractivity contribution in [3.63, 3.8) is 0 Å². The van der Waals surface area contributed by atoms with Crippen LogP contribution in [0, 0.1) is 0 Å². The van der Waals surface area contributed by atoms with Crippen molar-refractivity contribution in [3.05, 3.63) is 170 Å². The highest BCUT2D eigenvalue weighted by molar-refractivity contribution is 7.26. The summed E-state index contributed by atoms with van der Waals surface area (Å²) in [5.74, 6) is 0.718. The number of rotatable bonds is 4. The number of aromatic nitrogens is 2. The van der Waals surface area contributed by atoms with Gasteiger partial charge in [-0.05, 0) is 80.2 Å². The van der Waals surface area contributed by atoms with E-state index in [-0.39, 0.29) is 0 Å². The Balaban J connectivity index is 1.07. The topological polar surface area (TPSA) is 38.9 Å². The smallest absolute Gasteiger partial charge is 0.160 e. The van der Waals surface area contributed by atoms with Crippen LogP contribution in [0.1, 0.15) is 0 Å². The van der Waals surface area contributed by atoms with Crippen LogP contribution in [0.25, 0.3) is 109 Å². The molecule has 0 amide bonds. The maximum absolute atomic E-state index is 6.61. The van der Waals surface area contributed by atoms with Crippen molar-refractivity contribution < 1.29 is 4.42 Å². The van der Waals surface area contributed by atoms with Crippen LogP contribution in [-0.2, 0) is 0 Å². The molecule has 3 nitrogen and oxygen atoms in total. The lowest BCUT2D eigenvalue weighted by atomic mass is 9.93. The number of furan rings is 1. The molecule has 0 spiro atoms. The summed E-state index contributed by atoms with van der Waals surface area (Å²) in [6.45, 7) is 0. The Morgan fingerprint density at radius 3 is 1.92 bits per heavy atom. The third-order valence-corrected chi connectivity index (χ3v) is 11.4. The van der Waals surface area contributed by atoms with E-state index >= 15 is 0 Å². The second-order valence-electron chi connectivity index (χ2n) is 13.4. The second kappa shape index (κ2) is 11.5. The Labute approximate surface area is 303 Å². The van der Waals surface area contributed by atoms with Gasteiger partial charge < -0.3 is 4.42 Å². The summed E-state index contributed by atoms with van der Waals surface area (Å²) in [5.41, 5.74) is 10.3. The van der Waals surface area contributed by atoms with E-state index < -0.39 is 0 Å². The van der Waals surface area contributed by atoms with Gasteiger partial charge in [0.1, 0.15) is 11.2 Å². The van der Waals surface area contributed by atoms with Crippen molar-refractivity contribution in [3.8, 4) is 44.9 Å². The monoisotopic (exact) mass is 680 g/mol. The van der Waals surface area contributed by atoms with Gasteiger partial charge in [0.05, 0.1) is 15.9 Å². The predicted molar refractivity (Wildman–Crippen MR) is 219 cm³/mol. The molecule has 3 aromatic heterocycles. The maximum Gasteiger partial charge on any atom is 0.160 e. The van der Waals surface area contributed by atoms with E-state index in [1.807, 2.05) is 0 Å². The lowest BCUT2D eigenvalue weighted by molar-refractivity contribution is 0.669. The molecule has 4 heteroatoms. The normalized spacial score (nSPS) is 11.8. The quantitative estimate of drug-likeness (QED) is 0.186. The molecule has 0 N–H and O–H groups in total. The van der Waals surface area contributed by atoms with E-state index in [0.717, 1.165) is 82.4 Å². The molecule has 11 aromatic rings. The molecule has 0 saturated heterocycles. The first-order valence-corrected chi connectivity index (χ1v) is 18.3. The van der Waals surface area contributed by atoms with Gasteiger partial charge in [-0.2, -0.15) is 0 Å². The van der Waals surface area contributed by atoms with E-state index in [0.29, 0.717) is 0 Å². The number of nitrogens with zero attached hydrogens (tertiary/aromatic N) is 2. The van der Waals surface area contributed by atoms with Crippen molar-refractivity contribution in [1.82, 2.24) is 9.97 Å². The van der Waals surface area contributed by atoms with E-state index in [9.17, 15) is 0 Å². The fraction of sp³-hybridized carbons (Fsp3) is 0. The zero-order chi connectivity index (χ0) is 34.2. The molecule has 0 radical (unpaired) electrons. The van der Waals surface area contributed by atoms with Crippen molar-refractivity contribution in [1.29, 1.82) is 0 Å². The lowest BCUT2D eigenvalue weighted by Crippen LogP contribution is -1.94. The molecule has 0 fully saturated rings. The van der Waals surface area contributed by atoms with E-state index in [2.05, 4.69) is 170 Å². The van der Waals surface area contributed by atoms with Crippen LogP contribution in [0.2, 0.25) is 0 Å². The summed E-state index contributed by atoms with van der Waals surface area (Å²) in [5, 5.41) is 8.21. The van der Waals surface area contributed by atoms with Gasteiger partial charge in [0.2, 0.25) is 0 Å². The standard InChI is InChI=1S/C48H28N2OS/c1-2-11-31(12-3-1)39-26-37(28-42-44(39)40-25-34-14-6-7-15-35(34)27-41(40)51-42)30-18-21-32(22-19-30)48-49-45(36-23-20-29-10-4-5-13-33(29)24-36)47-46(50-48)38-16-8-9-17-43(38)52-47/h1-28H. The van der Waals surface area contributed by atoms with Gasteiger partial charge in [-0.15, -0.1) is 11.3 Å². The zero-order valence-corrected chi connectivity index (χ0v) is 28.7. The van der Waals surface area contributed by atoms with Gasteiger partial charge in [0.25, 0.3) is 0 Å². The molecule has 0 aliphatic rings. The average molecular weight is 681 g/mol. The number of thiophene rings is 1. The van der Waals surface area contributed by atoms with Crippen LogP contribution < -0.4 is 0 Å². The number of benzene rings is 8. The summed E-state index contributed by atoms with van der Waals surface area (Å²) in [6, 6.07) is 60.2. The van der Waals surface area contributed by atoms with Gasteiger partial charge in [0.15, 0.2) is 5.82 Å². The highest BCUT2D eigenvalue weighted by atomic mass is 32.1. The van der Waals surface area contributed by atoms with E-state index in [1.54, 1.807) is 11.3 Å². The molecular weight excluding hydrogens is 653 g/mol. The van der Waals surface area contributed by atoms with Gasteiger partial charge in [-0.25, -0.2) is 9.97 Å². The molecule has 11 rings (SSSR count). The summed E-state index contributed by atoms with van der Waals surface area (Å²) in [7, 11) is 0.